The summed E-state index contributed by atoms with van der Waals surface area (Å²) >= 11 is 0. The van der Waals surface area contributed by atoms with Gasteiger partial charge < -0.3 is 4.74 Å². The van der Waals surface area contributed by atoms with Crippen molar-refractivity contribution in [3.63, 3.8) is 0 Å². The molecule has 3 atom stereocenters. The van der Waals surface area contributed by atoms with E-state index in [1.165, 1.54) is 6.07 Å². The van der Waals surface area contributed by atoms with Gasteiger partial charge in [0, 0.05) is 0 Å². The Morgan fingerprint density at radius 1 is 0.970 bits per heavy atom. The summed E-state index contributed by atoms with van der Waals surface area (Å²) < 4.78 is 99.3. The molecule has 33 heavy (non-hydrogen) atoms. The molecule has 0 aliphatic heterocycles. The van der Waals surface area contributed by atoms with Crippen molar-refractivity contribution < 1.29 is 35.5 Å². The van der Waals surface area contributed by atoms with Crippen LogP contribution in [0.25, 0.3) is 11.1 Å². The highest BCUT2D eigenvalue weighted by Gasteiger charge is 2.38. The molecule has 0 heterocycles. The fourth-order valence-electron chi connectivity index (χ4n) is 5.31. The predicted octanol–water partition coefficient (Wildman–Crippen LogP) is 8.22. The highest BCUT2D eigenvalue weighted by atomic mass is 19.4. The van der Waals surface area contributed by atoms with E-state index < -0.39 is 46.5 Å². The summed E-state index contributed by atoms with van der Waals surface area (Å²) in [6, 6.07) is 2.13. The number of hydrogen-bond donors (Lipinski definition) is 0. The van der Waals surface area contributed by atoms with E-state index in [9.17, 15) is 22.0 Å². The zero-order valence-corrected chi connectivity index (χ0v) is 17.9. The van der Waals surface area contributed by atoms with Gasteiger partial charge >= 0.3 is 6.36 Å². The van der Waals surface area contributed by atoms with E-state index in [1.54, 1.807) is 0 Å². The van der Waals surface area contributed by atoms with E-state index in [0.29, 0.717) is 41.5 Å². The zero-order chi connectivity index (χ0) is 23.9. The van der Waals surface area contributed by atoms with Crippen molar-refractivity contribution in [2.75, 3.05) is 0 Å². The SMILES string of the molecule is CC/C=C/[C@@H]1CC[C@@H]2c3cc(F)c(-c4cc(F)c(OC(F)(F)F)c(F)c4)c(F)c3CC[C@@H]2C1. The largest absolute Gasteiger partial charge is 0.573 e. The molecule has 1 saturated carbocycles. The first kappa shape index (κ1) is 23.6. The Hall–Kier alpha value is -2.51. The maximum Gasteiger partial charge on any atom is 0.573 e. The number of ether oxygens (including phenoxy) is 1. The van der Waals surface area contributed by atoms with Crippen molar-refractivity contribution in [3.05, 3.63) is 64.7 Å². The fraction of sp³-hybridized carbons (Fsp3) is 0.440. The Balaban J connectivity index is 1.69. The Labute approximate surface area is 187 Å². The average molecular weight is 472 g/mol. The average Bonchev–Trinajstić information content (AvgIpc) is 2.74. The molecule has 0 saturated heterocycles. The van der Waals surface area contributed by atoms with Crippen LogP contribution in [0.4, 0.5) is 30.7 Å². The minimum Gasteiger partial charge on any atom is -0.399 e. The zero-order valence-electron chi connectivity index (χ0n) is 17.9. The molecule has 0 bridgehead atoms. The Kier molecular flexibility index (Phi) is 6.47. The standard InChI is InChI=1S/C25H23F7O/c1-2-3-4-13-5-7-16-14(9-13)6-8-17-18(16)12-19(26)22(23(17)29)15-10-20(27)24(21(28)11-15)33-25(30,31)32/h3-4,10-14,16H,2,5-9H2,1H3/b4-3+/t13-,14-,16+/m1/s1. The second-order valence-electron chi connectivity index (χ2n) is 8.75. The molecule has 0 unspecified atom stereocenters. The summed E-state index contributed by atoms with van der Waals surface area (Å²) in [6.45, 7) is 2.07. The maximum atomic E-state index is 15.4. The molecule has 2 aliphatic rings. The summed E-state index contributed by atoms with van der Waals surface area (Å²) in [5, 5.41) is 0. The van der Waals surface area contributed by atoms with Crippen LogP contribution in [0.1, 0.15) is 56.1 Å². The number of rotatable bonds is 4. The molecule has 1 nitrogen and oxygen atoms in total. The van der Waals surface area contributed by atoms with Gasteiger partial charge in [-0.15, -0.1) is 13.2 Å². The van der Waals surface area contributed by atoms with Gasteiger partial charge in [0.2, 0.25) is 5.75 Å². The van der Waals surface area contributed by atoms with Crippen LogP contribution in [0.3, 0.4) is 0 Å². The molecule has 0 amide bonds. The highest BCUT2D eigenvalue weighted by Crippen LogP contribution is 2.49. The van der Waals surface area contributed by atoms with Crippen LogP contribution in [0.5, 0.6) is 5.75 Å². The van der Waals surface area contributed by atoms with Crippen molar-refractivity contribution >= 4 is 0 Å². The minimum atomic E-state index is -5.31. The van der Waals surface area contributed by atoms with Crippen LogP contribution >= 0.6 is 0 Å². The summed E-state index contributed by atoms with van der Waals surface area (Å²) in [7, 11) is 0. The first-order valence-corrected chi connectivity index (χ1v) is 11.0. The number of fused-ring (bicyclic) bond motifs is 3. The third kappa shape index (κ3) is 4.75. The molecule has 2 aromatic rings. The molecule has 0 aromatic heterocycles. The molecule has 1 fully saturated rings. The van der Waals surface area contributed by atoms with Crippen LogP contribution in [-0.4, -0.2) is 6.36 Å². The van der Waals surface area contributed by atoms with Crippen molar-refractivity contribution in [3.8, 4) is 16.9 Å². The lowest BCUT2D eigenvalue weighted by Gasteiger charge is -2.40. The summed E-state index contributed by atoms with van der Waals surface area (Å²) in [5.74, 6) is -6.21. The van der Waals surface area contributed by atoms with E-state index >= 15 is 8.78 Å². The lowest BCUT2D eigenvalue weighted by atomic mass is 9.65. The lowest BCUT2D eigenvalue weighted by Crippen LogP contribution is -2.28. The van der Waals surface area contributed by atoms with Crippen LogP contribution < -0.4 is 4.74 Å². The molecular formula is C25H23F7O. The Bertz CT molecular complexity index is 1050. The van der Waals surface area contributed by atoms with Crippen LogP contribution in [0.2, 0.25) is 0 Å². The molecule has 0 radical (unpaired) electrons. The van der Waals surface area contributed by atoms with Gasteiger partial charge in [0.05, 0.1) is 5.56 Å². The topological polar surface area (TPSA) is 9.23 Å². The van der Waals surface area contributed by atoms with Gasteiger partial charge in [-0.3, -0.25) is 0 Å². The van der Waals surface area contributed by atoms with E-state index in [4.69, 9.17) is 0 Å². The predicted molar refractivity (Wildman–Crippen MR) is 110 cm³/mol. The molecule has 178 valence electrons. The van der Waals surface area contributed by atoms with Gasteiger partial charge in [0.1, 0.15) is 11.6 Å². The molecule has 4 rings (SSSR count). The van der Waals surface area contributed by atoms with E-state index in [1.807, 2.05) is 0 Å². The normalized spacial score (nSPS) is 22.8. The van der Waals surface area contributed by atoms with E-state index in [-0.39, 0.29) is 5.92 Å². The molecule has 0 N–H and O–H groups in total. The van der Waals surface area contributed by atoms with Crippen molar-refractivity contribution in [2.24, 2.45) is 11.8 Å². The van der Waals surface area contributed by atoms with E-state index in [2.05, 4.69) is 23.8 Å². The maximum absolute atomic E-state index is 15.4. The van der Waals surface area contributed by atoms with Crippen molar-refractivity contribution in [1.82, 2.24) is 0 Å². The first-order chi connectivity index (χ1) is 15.6. The van der Waals surface area contributed by atoms with E-state index in [0.717, 1.165) is 32.1 Å². The Morgan fingerprint density at radius 3 is 2.30 bits per heavy atom. The van der Waals surface area contributed by atoms with Gasteiger partial charge in [-0.1, -0.05) is 19.1 Å². The number of halogens is 7. The van der Waals surface area contributed by atoms with Crippen LogP contribution in [0, 0.1) is 35.1 Å². The quantitative estimate of drug-likeness (QED) is 0.322. The third-order valence-corrected chi connectivity index (χ3v) is 6.69. The molecule has 8 heteroatoms. The van der Waals surface area contributed by atoms with Gasteiger partial charge in [-0.05, 0) is 91.2 Å². The minimum absolute atomic E-state index is 0.00844. The molecular weight excluding hydrogens is 449 g/mol. The van der Waals surface area contributed by atoms with Gasteiger partial charge in [0.15, 0.2) is 11.6 Å². The first-order valence-electron chi connectivity index (χ1n) is 11.0. The summed E-state index contributed by atoms with van der Waals surface area (Å²) in [6.07, 6.45) is 3.73. The molecule has 0 spiro atoms. The lowest BCUT2D eigenvalue weighted by molar-refractivity contribution is -0.276. The molecule has 2 aliphatic carbocycles. The van der Waals surface area contributed by atoms with Crippen molar-refractivity contribution in [2.45, 2.75) is 57.7 Å². The fourth-order valence-corrected chi connectivity index (χ4v) is 5.31. The van der Waals surface area contributed by atoms with Crippen molar-refractivity contribution in [1.29, 1.82) is 0 Å². The number of hydrogen-bond acceptors (Lipinski definition) is 1. The summed E-state index contributed by atoms with van der Waals surface area (Å²) in [4.78, 5) is 0. The number of alkyl halides is 3. The van der Waals surface area contributed by atoms with Gasteiger partial charge in [-0.25, -0.2) is 17.6 Å². The second kappa shape index (κ2) is 9.03. The summed E-state index contributed by atoms with van der Waals surface area (Å²) in [5.41, 5.74) is -0.275. The van der Waals surface area contributed by atoms with Gasteiger partial charge in [0.25, 0.3) is 0 Å². The second-order valence-corrected chi connectivity index (χ2v) is 8.75. The monoisotopic (exact) mass is 472 g/mol. The van der Waals surface area contributed by atoms with Crippen LogP contribution in [0.15, 0.2) is 30.4 Å². The smallest absolute Gasteiger partial charge is 0.399 e. The Morgan fingerprint density at radius 2 is 1.67 bits per heavy atom. The molecule has 2 aromatic carbocycles. The van der Waals surface area contributed by atoms with Gasteiger partial charge in [-0.2, -0.15) is 0 Å². The number of allylic oxidation sites excluding steroid dienone is 2. The highest BCUT2D eigenvalue weighted by molar-refractivity contribution is 5.68. The number of benzene rings is 2. The third-order valence-electron chi connectivity index (χ3n) is 6.69. The van der Waals surface area contributed by atoms with Crippen LogP contribution in [-0.2, 0) is 6.42 Å².